The summed E-state index contributed by atoms with van der Waals surface area (Å²) < 4.78 is 0. The van der Waals surface area contributed by atoms with Gasteiger partial charge in [0.2, 0.25) is 17.7 Å². The zero-order valence-electron chi connectivity index (χ0n) is 26.8. The zero-order chi connectivity index (χ0) is 34.3. The third-order valence-electron chi connectivity index (χ3n) is 7.80. The molecular weight excluding hydrogens is 604 g/mol. The summed E-state index contributed by atoms with van der Waals surface area (Å²) in [6.45, 7) is 0.615. The third-order valence-corrected chi connectivity index (χ3v) is 7.80. The number of amides is 3. The van der Waals surface area contributed by atoms with E-state index < -0.39 is 29.9 Å². The van der Waals surface area contributed by atoms with Crippen LogP contribution in [-0.4, -0.2) is 48.4 Å². The second kappa shape index (κ2) is 17.9. The second-order valence-electron chi connectivity index (χ2n) is 11.6. The van der Waals surface area contributed by atoms with Crippen molar-refractivity contribution in [2.24, 2.45) is 22.2 Å². The van der Waals surface area contributed by atoms with Crippen LogP contribution >= 0.6 is 0 Å². The minimum Gasteiger partial charge on any atom is -0.399 e. The van der Waals surface area contributed by atoms with Crippen LogP contribution < -0.4 is 38.9 Å². The van der Waals surface area contributed by atoms with E-state index in [1.54, 1.807) is 24.3 Å². The number of carbonyl (C=O) groups excluding carboxylic acids is 3. The molecule has 3 atom stereocenters. The molecule has 0 aliphatic rings. The molecule has 0 bridgehead atoms. The van der Waals surface area contributed by atoms with E-state index in [0.29, 0.717) is 31.6 Å². The Hall–Kier alpha value is -5.68. The van der Waals surface area contributed by atoms with Crippen LogP contribution in [0.15, 0.2) is 114 Å². The van der Waals surface area contributed by atoms with Gasteiger partial charge < -0.3 is 38.9 Å². The van der Waals surface area contributed by atoms with Gasteiger partial charge >= 0.3 is 0 Å². The molecule has 0 radical (unpaired) electrons. The largest absolute Gasteiger partial charge is 0.399 e. The Kier molecular flexibility index (Phi) is 13.1. The molecule has 0 aliphatic carbocycles. The lowest BCUT2D eigenvalue weighted by Crippen LogP contribution is -2.56. The molecule has 4 rings (SSSR count). The van der Waals surface area contributed by atoms with Crippen molar-refractivity contribution in [3.63, 3.8) is 0 Å². The van der Waals surface area contributed by atoms with Gasteiger partial charge in [-0.15, -0.1) is 0 Å². The highest BCUT2D eigenvalue weighted by molar-refractivity contribution is 5.93. The summed E-state index contributed by atoms with van der Waals surface area (Å²) in [4.78, 5) is 44.6. The average Bonchev–Trinajstić information content (AvgIpc) is 3.10. The molecule has 0 unspecified atom stereocenters. The first-order chi connectivity index (χ1) is 23.2. The summed E-state index contributed by atoms with van der Waals surface area (Å²) in [5.41, 5.74) is 28.0. The van der Waals surface area contributed by atoms with E-state index in [1.165, 1.54) is 0 Å². The highest BCUT2D eigenvalue weighted by Gasteiger charge is 2.28. The number of nitrogens with two attached hydrogens (primary N) is 4. The van der Waals surface area contributed by atoms with E-state index in [2.05, 4.69) is 20.9 Å². The van der Waals surface area contributed by atoms with Crippen LogP contribution in [0.3, 0.4) is 0 Å². The number of guanidine groups is 1. The number of benzene rings is 4. The molecule has 0 saturated carbocycles. The number of aliphatic imine (C=N–C) groups is 1. The molecule has 48 heavy (non-hydrogen) atoms. The van der Waals surface area contributed by atoms with Gasteiger partial charge in [0.15, 0.2) is 5.96 Å². The highest BCUT2D eigenvalue weighted by Crippen LogP contribution is 2.20. The van der Waals surface area contributed by atoms with Gasteiger partial charge in [0, 0.05) is 31.6 Å². The first kappa shape index (κ1) is 35.2. The molecule has 4 aromatic carbocycles. The molecule has 0 aliphatic heterocycles. The van der Waals surface area contributed by atoms with Crippen molar-refractivity contribution in [3.8, 4) is 11.1 Å². The zero-order valence-corrected chi connectivity index (χ0v) is 26.8. The number of rotatable bonds is 16. The molecule has 0 aromatic heterocycles. The van der Waals surface area contributed by atoms with E-state index in [0.717, 1.165) is 27.8 Å². The fourth-order valence-corrected chi connectivity index (χ4v) is 5.12. The number of hydrogen-bond donors (Lipinski definition) is 7. The van der Waals surface area contributed by atoms with Gasteiger partial charge in [-0.1, -0.05) is 97.1 Å². The van der Waals surface area contributed by atoms with E-state index in [9.17, 15) is 14.4 Å². The van der Waals surface area contributed by atoms with E-state index in [4.69, 9.17) is 22.9 Å². The monoisotopic (exact) mass is 648 g/mol. The van der Waals surface area contributed by atoms with Crippen LogP contribution in [-0.2, 0) is 33.8 Å². The summed E-state index contributed by atoms with van der Waals surface area (Å²) in [5.74, 6) is -1.42. The third kappa shape index (κ3) is 11.3. The van der Waals surface area contributed by atoms with Gasteiger partial charge in [0.1, 0.15) is 12.1 Å². The smallest absolute Gasteiger partial charge is 0.243 e. The number of nitrogens with one attached hydrogen (secondary N) is 3. The van der Waals surface area contributed by atoms with Crippen molar-refractivity contribution in [3.05, 3.63) is 126 Å². The Morgan fingerprint density at radius 3 is 1.75 bits per heavy atom. The van der Waals surface area contributed by atoms with Crippen molar-refractivity contribution in [1.29, 1.82) is 0 Å². The Balaban J connectivity index is 1.52. The molecule has 3 amide bonds. The number of carbonyl (C=O) groups is 3. The standard InChI is InChI=1S/C37H44N8O3/c38-30-19-15-26(16-20-30)23-33(44-34(46)31(39)12-7-21-42-37(40)41)36(48)45-32(35(47)43-24-27-8-3-1-4-9-27)22-25-13-17-29(18-14-25)28-10-5-2-6-11-28/h1-6,8-11,13-20,31-33H,7,12,21-24,38-39H2,(H,43,47)(H,44,46)(H,45,48)(H4,40,41,42)/t31-,32-,33-/m0/s1. The second-order valence-corrected chi connectivity index (χ2v) is 11.6. The normalized spacial score (nSPS) is 12.6. The maximum atomic E-state index is 13.9. The molecule has 11 N–H and O–H groups in total. The van der Waals surface area contributed by atoms with Crippen molar-refractivity contribution < 1.29 is 14.4 Å². The lowest BCUT2D eigenvalue weighted by molar-refractivity contribution is -0.132. The fraction of sp³-hybridized carbons (Fsp3) is 0.243. The Labute approximate surface area is 281 Å². The minimum atomic E-state index is -1.02. The predicted molar refractivity (Wildman–Crippen MR) is 190 cm³/mol. The van der Waals surface area contributed by atoms with Gasteiger partial charge in [-0.25, -0.2) is 0 Å². The Bertz CT molecular complexity index is 1640. The molecule has 0 saturated heterocycles. The first-order valence-corrected chi connectivity index (χ1v) is 15.9. The van der Waals surface area contributed by atoms with Crippen LogP contribution in [0.4, 0.5) is 5.69 Å². The van der Waals surface area contributed by atoms with Gasteiger partial charge in [-0.3, -0.25) is 19.4 Å². The van der Waals surface area contributed by atoms with Crippen LogP contribution in [0, 0.1) is 0 Å². The molecule has 0 fully saturated rings. The van der Waals surface area contributed by atoms with Gasteiger partial charge in [0.05, 0.1) is 6.04 Å². The Morgan fingerprint density at radius 2 is 1.15 bits per heavy atom. The lowest BCUT2D eigenvalue weighted by Gasteiger charge is -2.25. The topological polar surface area (TPSA) is 204 Å². The van der Waals surface area contributed by atoms with Crippen molar-refractivity contribution in [2.75, 3.05) is 12.3 Å². The lowest BCUT2D eigenvalue weighted by atomic mass is 9.99. The van der Waals surface area contributed by atoms with Crippen LogP contribution in [0.5, 0.6) is 0 Å². The maximum Gasteiger partial charge on any atom is 0.243 e. The molecular formula is C37H44N8O3. The fourth-order valence-electron chi connectivity index (χ4n) is 5.12. The summed E-state index contributed by atoms with van der Waals surface area (Å²) in [7, 11) is 0. The average molecular weight is 649 g/mol. The van der Waals surface area contributed by atoms with Crippen LogP contribution in [0.25, 0.3) is 11.1 Å². The molecule has 250 valence electrons. The van der Waals surface area contributed by atoms with Crippen LogP contribution in [0.1, 0.15) is 29.5 Å². The minimum absolute atomic E-state index is 0.0391. The van der Waals surface area contributed by atoms with Gasteiger partial charge in [0.25, 0.3) is 0 Å². The summed E-state index contributed by atoms with van der Waals surface area (Å²) >= 11 is 0. The van der Waals surface area contributed by atoms with Crippen molar-refractivity contribution in [2.45, 2.75) is 50.4 Å². The van der Waals surface area contributed by atoms with Gasteiger partial charge in [-0.05, 0) is 52.8 Å². The summed E-state index contributed by atoms with van der Waals surface area (Å²) in [6.07, 6.45) is 1.17. The van der Waals surface area contributed by atoms with E-state index >= 15 is 0 Å². The number of anilines is 1. The van der Waals surface area contributed by atoms with Crippen molar-refractivity contribution >= 4 is 29.4 Å². The Morgan fingerprint density at radius 1 is 0.625 bits per heavy atom. The van der Waals surface area contributed by atoms with Crippen molar-refractivity contribution in [1.82, 2.24) is 16.0 Å². The number of hydrogen-bond acceptors (Lipinski definition) is 6. The van der Waals surface area contributed by atoms with E-state index in [1.807, 2.05) is 84.9 Å². The molecule has 0 spiro atoms. The first-order valence-electron chi connectivity index (χ1n) is 15.9. The number of nitrogens with zero attached hydrogens (tertiary/aromatic N) is 1. The number of nitrogen functional groups attached to an aromatic ring is 1. The predicted octanol–water partition coefficient (Wildman–Crippen LogP) is 2.39. The van der Waals surface area contributed by atoms with E-state index in [-0.39, 0.29) is 24.7 Å². The summed E-state index contributed by atoms with van der Waals surface area (Å²) in [6, 6.07) is 31.5. The molecule has 11 heteroatoms. The highest BCUT2D eigenvalue weighted by atomic mass is 16.2. The molecule has 4 aromatic rings. The summed E-state index contributed by atoms with van der Waals surface area (Å²) in [5, 5.41) is 8.66. The SMILES string of the molecule is NC(N)=NCCC[C@H](N)C(=O)N[C@@H](Cc1ccc(N)cc1)C(=O)N[C@@H](Cc1ccc(-c2ccccc2)cc1)C(=O)NCc1ccccc1. The quantitative estimate of drug-likeness (QED) is 0.0418. The molecule has 0 heterocycles. The van der Waals surface area contributed by atoms with Gasteiger partial charge in [-0.2, -0.15) is 0 Å². The molecule has 11 nitrogen and oxygen atoms in total. The maximum absolute atomic E-state index is 13.9. The van der Waals surface area contributed by atoms with Crippen LogP contribution in [0.2, 0.25) is 0 Å².